The van der Waals surface area contributed by atoms with Gasteiger partial charge in [-0.25, -0.2) is 15.0 Å². The topological polar surface area (TPSA) is 67.8 Å². The SMILES string of the molecule is O=C(Nc1csc(-c2ccc(Cl)c(Cl)c2)n1)c1cncnc1. The van der Waals surface area contributed by atoms with Gasteiger partial charge in [-0.05, 0) is 12.1 Å². The van der Waals surface area contributed by atoms with Crippen LogP contribution in [0.25, 0.3) is 10.6 Å². The van der Waals surface area contributed by atoms with Gasteiger partial charge in [-0.15, -0.1) is 11.3 Å². The first-order valence-electron chi connectivity index (χ1n) is 6.11. The first kappa shape index (κ1) is 14.9. The predicted octanol–water partition coefficient (Wildman–Crippen LogP) is 4.16. The fourth-order valence-electron chi connectivity index (χ4n) is 1.70. The summed E-state index contributed by atoms with van der Waals surface area (Å²) >= 11 is 13.3. The minimum absolute atomic E-state index is 0.313. The highest BCUT2D eigenvalue weighted by atomic mass is 35.5. The summed E-state index contributed by atoms with van der Waals surface area (Å²) in [5.41, 5.74) is 1.20. The number of aromatic nitrogens is 3. The van der Waals surface area contributed by atoms with Gasteiger partial charge < -0.3 is 5.32 Å². The molecule has 1 aromatic carbocycles. The molecule has 8 heteroatoms. The van der Waals surface area contributed by atoms with Gasteiger partial charge in [-0.3, -0.25) is 4.79 Å². The fourth-order valence-corrected chi connectivity index (χ4v) is 2.74. The Balaban J connectivity index is 1.79. The number of carbonyl (C=O) groups excluding carboxylic acids is 1. The first-order valence-corrected chi connectivity index (χ1v) is 7.74. The summed E-state index contributed by atoms with van der Waals surface area (Å²) in [4.78, 5) is 24.0. The third kappa shape index (κ3) is 3.24. The molecule has 0 bridgehead atoms. The monoisotopic (exact) mass is 350 g/mol. The van der Waals surface area contributed by atoms with Crippen LogP contribution in [0.15, 0.2) is 42.3 Å². The molecule has 22 heavy (non-hydrogen) atoms. The molecule has 1 amide bonds. The molecule has 0 aliphatic rings. The lowest BCUT2D eigenvalue weighted by Gasteiger charge is -2.01. The Labute approximate surface area is 140 Å². The molecule has 0 radical (unpaired) electrons. The largest absolute Gasteiger partial charge is 0.306 e. The van der Waals surface area contributed by atoms with Crippen molar-refractivity contribution in [2.24, 2.45) is 0 Å². The maximum atomic E-state index is 12.0. The zero-order chi connectivity index (χ0) is 15.5. The molecule has 0 unspecified atom stereocenters. The van der Waals surface area contributed by atoms with Crippen molar-refractivity contribution < 1.29 is 4.79 Å². The molecule has 5 nitrogen and oxygen atoms in total. The molecule has 0 saturated heterocycles. The Bertz CT molecular complexity index is 823. The first-order chi connectivity index (χ1) is 10.6. The highest BCUT2D eigenvalue weighted by Crippen LogP contribution is 2.31. The Morgan fingerprint density at radius 2 is 1.91 bits per heavy atom. The molecule has 0 aliphatic carbocycles. The van der Waals surface area contributed by atoms with Crippen LogP contribution in [-0.4, -0.2) is 20.9 Å². The highest BCUT2D eigenvalue weighted by molar-refractivity contribution is 7.13. The zero-order valence-electron chi connectivity index (χ0n) is 11.0. The van der Waals surface area contributed by atoms with Gasteiger partial charge >= 0.3 is 0 Å². The molecule has 0 saturated carbocycles. The van der Waals surface area contributed by atoms with Crippen molar-refractivity contribution in [1.29, 1.82) is 0 Å². The Morgan fingerprint density at radius 1 is 1.14 bits per heavy atom. The van der Waals surface area contributed by atoms with E-state index < -0.39 is 0 Å². The minimum atomic E-state index is -0.313. The van der Waals surface area contributed by atoms with E-state index in [4.69, 9.17) is 23.2 Å². The van der Waals surface area contributed by atoms with Gasteiger partial charge in [0.2, 0.25) is 0 Å². The van der Waals surface area contributed by atoms with E-state index in [9.17, 15) is 4.79 Å². The Hall–Kier alpha value is -2.02. The number of thiazole rings is 1. The lowest BCUT2D eigenvalue weighted by atomic mass is 10.2. The van der Waals surface area contributed by atoms with Crippen LogP contribution >= 0.6 is 34.5 Å². The number of hydrogen-bond donors (Lipinski definition) is 1. The van der Waals surface area contributed by atoms with E-state index in [-0.39, 0.29) is 5.91 Å². The molecule has 2 heterocycles. The van der Waals surface area contributed by atoms with Crippen LogP contribution in [0.3, 0.4) is 0 Å². The van der Waals surface area contributed by atoms with Crippen molar-refractivity contribution in [2.75, 3.05) is 5.32 Å². The standard InChI is InChI=1S/C14H8Cl2N4OS/c15-10-2-1-8(3-11(10)16)14-20-12(6-22-14)19-13(21)9-4-17-7-18-5-9/h1-7H,(H,19,21). The van der Waals surface area contributed by atoms with Crippen LogP contribution in [0.5, 0.6) is 0 Å². The van der Waals surface area contributed by atoms with Crippen molar-refractivity contribution >= 4 is 46.3 Å². The molecule has 0 spiro atoms. The van der Waals surface area contributed by atoms with E-state index in [1.165, 1.54) is 30.1 Å². The smallest absolute Gasteiger partial charge is 0.259 e. The molecular weight excluding hydrogens is 343 g/mol. The summed E-state index contributed by atoms with van der Waals surface area (Å²) in [7, 11) is 0. The third-order valence-electron chi connectivity index (χ3n) is 2.74. The maximum absolute atomic E-state index is 12.0. The van der Waals surface area contributed by atoms with E-state index >= 15 is 0 Å². The molecule has 3 rings (SSSR count). The second-order valence-electron chi connectivity index (χ2n) is 4.25. The Kier molecular flexibility index (Phi) is 4.33. The van der Waals surface area contributed by atoms with Gasteiger partial charge in [-0.2, -0.15) is 0 Å². The van der Waals surface area contributed by atoms with Gasteiger partial charge in [0.1, 0.15) is 17.2 Å². The number of hydrogen-bond acceptors (Lipinski definition) is 5. The van der Waals surface area contributed by atoms with Gasteiger partial charge in [0, 0.05) is 23.3 Å². The van der Waals surface area contributed by atoms with E-state index in [2.05, 4.69) is 20.3 Å². The number of halogens is 2. The fraction of sp³-hybridized carbons (Fsp3) is 0. The van der Waals surface area contributed by atoms with Crippen molar-refractivity contribution in [3.63, 3.8) is 0 Å². The second kappa shape index (κ2) is 6.39. The summed E-state index contributed by atoms with van der Waals surface area (Å²) in [5.74, 6) is 0.145. The van der Waals surface area contributed by atoms with Crippen LogP contribution in [0, 0.1) is 0 Å². The average molecular weight is 351 g/mol. The normalized spacial score (nSPS) is 10.5. The van der Waals surface area contributed by atoms with Crippen LogP contribution in [0.4, 0.5) is 5.82 Å². The quantitative estimate of drug-likeness (QED) is 0.769. The zero-order valence-corrected chi connectivity index (χ0v) is 13.3. The average Bonchev–Trinajstić information content (AvgIpc) is 2.99. The van der Waals surface area contributed by atoms with Gasteiger partial charge in [0.05, 0.1) is 15.6 Å². The van der Waals surface area contributed by atoms with Crippen LogP contribution in [-0.2, 0) is 0 Å². The van der Waals surface area contributed by atoms with Crippen molar-refractivity contribution in [2.45, 2.75) is 0 Å². The number of amides is 1. The summed E-state index contributed by atoms with van der Waals surface area (Å²) in [6.45, 7) is 0. The molecule has 3 aromatic rings. The van der Waals surface area contributed by atoms with E-state index in [0.29, 0.717) is 21.4 Å². The summed E-state index contributed by atoms with van der Waals surface area (Å²) in [6, 6.07) is 5.27. The summed E-state index contributed by atoms with van der Waals surface area (Å²) in [6.07, 6.45) is 4.24. The number of nitrogens with one attached hydrogen (secondary N) is 1. The number of rotatable bonds is 3. The van der Waals surface area contributed by atoms with Crippen molar-refractivity contribution in [3.05, 3.63) is 57.9 Å². The van der Waals surface area contributed by atoms with Gasteiger partial charge in [0.25, 0.3) is 5.91 Å². The molecule has 0 fully saturated rings. The van der Waals surface area contributed by atoms with Gasteiger partial charge in [0.15, 0.2) is 0 Å². The maximum Gasteiger partial charge on any atom is 0.259 e. The third-order valence-corrected chi connectivity index (χ3v) is 4.37. The Morgan fingerprint density at radius 3 is 2.64 bits per heavy atom. The van der Waals surface area contributed by atoms with E-state index in [1.807, 2.05) is 6.07 Å². The van der Waals surface area contributed by atoms with Crippen LogP contribution in [0.2, 0.25) is 10.0 Å². The summed E-state index contributed by atoms with van der Waals surface area (Å²) < 4.78 is 0. The minimum Gasteiger partial charge on any atom is -0.306 e. The number of carbonyl (C=O) groups is 1. The molecule has 0 aliphatic heterocycles. The molecular formula is C14H8Cl2N4OS. The van der Waals surface area contributed by atoms with Crippen LogP contribution < -0.4 is 5.32 Å². The van der Waals surface area contributed by atoms with E-state index in [0.717, 1.165) is 10.6 Å². The number of nitrogens with zero attached hydrogens (tertiary/aromatic N) is 3. The molecule has 0 atom stereocenters. The van der Waals surface area contributed by atoms with Crippen molar-refractivity contribution in [3.8, 4) is 10.6 Å². The predicted molar refractivity (Wildman–Crippen MR) is 87.6 cm³/mol. The molecule has 2 aromatic heterocycles. The lowest BCUT2D eigenvalue weighted by molar-refractivity contribution is 0.102. The summed E-state index contributed by atoms with van der Waals surface area (Å²) in [5, 5.41) is 6.12. The van der Waals surface area contributed by atoms with E-state index in [1.54, 1.807) is 17.5 Å². The lowest BCUT2D eigenvalue weighted by Crippen LogP contribution is -2.12. The number of anilines is 1. The van der Waals surface area contributed by atoms with Crippen molar-refractivity contribution in [1.82, 2.24) is 15.0 Å². The second-order valence-corrected chi connectivity index (χ2v) is 5.92. The number of benzene rings is 1. The highest BCUT2D eigenvalue weighted by Gasteiger charge is 2.11. The molecule has 110 valence electrons. The van der Waals surface area contributed by atoms with Crippen LogP contribution in [0.1, 0.15) is 10.4 Å². The molecule has 1 N–H and O–H groups in total. The van der Waals surface area contributed by atoms with Gasteiger partial charge in [-0.1, -0.05) is 29.3 Å².